The predicted octanol–water partition coefficient (Wildman–Crippen LogP) is 3.21. The van der Waals surface area contributed by atoms with Crippen molar-refractivity contribution in [3.63, 3.8) is 0 Å². The van der Waals surface area contributed by atoms with E-state index < -0.39 is 0 Å². The Balaban J connectivity index is 2.20. The van der Waals surface area contributed by atoms with Crippen LogP contribution in [0, 0.1) is 0 Å². The lowest BCUT2D eigenvalue weighted by Crippen LogP contribution is -2.10. The zero-order valence-corrected chi connectivity index (χ0v) is 9.59. The van der Waals surface area contributed by atoms with Gasteiger partial charge in [-0.3, -0.25) is 0 Å². The lowest BCUT2D eigenvalue weighted by atomic mass is 10.2. The van der Waals surface area contributed by atoms with Gasteiger partial charge in [0.1, 0.15) is 0 Å². The van der Waals surface area contributed by atoms with E-state index in [1.165, 1.54) is 5.56 Å². The van der Waals surface area contributed by atoms with Crippen molar-refractivity contribution in [2.45, 2.75) is 12.0 Å². The molecule has 0 spiro atoms. The highest BCUT2D eigenvalue weighted by molar-refractivity contribution is 9.09. The summed E-state index contributed by atoms with van der Waals surface area (Å²) in [6.45, 7) is 1.22. The summed E-state index contributed by atoms with van der Waals surface area (Å²) in [4.78, 5) is 0. The third kappa shape index (κ3) is 4.65. The maximum absolute atomic E-state index is 5.86. The predicted molar refractivity (Wildman–Crippen MR) is 59.5 cm³/mol. The van der Waals surface area contributed by atoms with Gasteiger partial charge in [-0.15, -0.1) is 11.6 Å². The Morgan fingerprint density at radius 2 is 2.00 bits per heavy atom. The molecule has 1 aromatic rings. The van der Waals surface area contributed by atoms with Crippen LogP contribution in [0.1, 0.15) is 5.56 Å². The molecule has 0 amide bonds. The summed E-state index contributed by atoms with van der Waals surface area (Å²) in [6.07, 6.45) is 0. The fourth-order valence-corrected chi connectivity index (χ4v) is 1.20. The van der Waals surface area contributed by atoms with Crippen molar-refractivity contribution in [3.8, 4) is 0 Å². The van der Waals surface area contributed by atoms with Crippen LogP contribution in [0.2, 0.25) is 0 Å². The molecule has 0 saturated carbocycles. The Kier molecular flexibility index (Phi) is 5.44. The molecular weight excluding hydrogens is 251 g/mol. The van der Waals surface area contributed by atoms with E-state index in [0.29, 0.717) is 13.2 Å². The molecule has 1 rings (SSSR count). The van der Waals surface area contributed by atoms with Gasteiger partial charge in [-0.05, 0) is 5.56 Å². The maximum atomic E-state index is 5.86. The number of benzene rings is 1. The summed E-state index contributed by atoms with van der Waals surface area (Å²) in [5.74, 6) is 0. The summed E-state index contributed by atoms with van der Waals surface area (Å²) in [5.41, 5.74) is 1.18. The molecule has 72 valence electrons. The Hall–Kier alpha value is -0.0500. The number of hydrogen-bond acceptors (Lipinski definition) is 1. The van der Waals surface area contributed by atoms with Crippen LogP contribution in [0.5, 0.6) is 0 Å². The number of halogens is 2. The van der Waals surface area contributed by atoms with Gasteiger partial charge in [-0.2, -0.15) is 0 Å². The van der Waals surface area contributed by atoms with Crippen LogP contribution in [0.25, 0.3) is 0 Å². The normalized spacial score (nSPS) is 12.8. The minimum absolute atomic E-state index is 0.0590. The average molecular weight is 264 g/mol. The molecule has 0 aliphatic rings. The summed E-state index contributed by atoms with van der Waals surface area (Å²) in [6, 6.07) is 10.1. The minimum Gasteiger partial charge on any atom is -0.375 e. The van der Waals surface area contributed by atoms with Gasteiger partial charge >= 0.3 is 0 Å². The second-order valence-electron chi connectivity index (χ2n) is 2.75. The van der Waals surface area contributed by atoms with Gasteiger partial charge in [0.15, 0.2) is 0 Å². The molecule has 0 aliphatic heterocycles. The average Bonchev–Trinajstić information content (AvgIpc) is 2.19. The van der Waals surface area contributed by atoms with Gasteiger partial charge < -0.3 is 4.74 Å². The fraction of sp³-hybridized carbons (Fsp3) is 0.400. The van der Waals surface area contributed by atoms with Gasteiger partial charge in [0.2, 0.25) is 0 Å². The SMILES string of the molecule is ClC(CBr)COCc1ccccc1. The first-order valence-corrected chi connectivity index (χ1v) is 5.70. The van der Waals surface area contributed by atoms with E-state index in [2.05, 4.69) is 15.9 Å². The highest BCUT2D eigenvalue weighted by Gasteiger charge is 2.01. The molecule has 3 heteroatoms. The minimum atomic E-state index is 0.0590. The van der Waals surface area contributed by atoms with Gasteiger partial charge in [0.25, 0.3) is 0 Å². The highest BCUT2D eigenvalue weighted by atomic mass is 79.9. The number of hydrogen-bond donors (Lipinski definition) is 0. The Morgan fingerprint density at radius 3 is 2.62 bits per heavy atom. The van der Waals surface area contributed by atoms with Crippen molar-refractivity contribution in [1.29, 1.82) is 0 Å². The third-order valence-corrected chi connectivity index (χ3v) is 3.01. The van der Waals surface area contributed by atoms with E-state index in [-0.39, 0.29) is 5.38 Å². The standard InChI is InChI=1S/C10H12BrClO/c11-6-10(12)8-13-7-9-4-2-1-3-5-9/h1-5,10H,6-8H2. The van der Waals surface area contributed by atoms with E-state index in [4.69, 9.17) is 16.3 Å². The van der Waals surface area contributed by atoms with Gasteiger partial charge in [0, 0.05) is 5.33 Å². The van der Waals surface area contributed by atoms with E-state index in [9.17, 15) is 0 Å². The molecule has 13 heavy (non-hydrogen) atoms. The first-order valence-electron chi connectivity index (χ1n) is 4.14. The second kappa shape index (κ2) is 6.41. The Bertz CT molecular complexity index is 228. The Labute approximate surface area is 92.2 Å². The monoisotopic (exact) mass is 262 g/mol. The summed E-state index contributed by atoms with van der Waals surface area (Å²) in [7, 11) is 0. The van der Waals surface area contributed by atoms with E-state index in [0.717, 1.165) is 5.33 Å². The lowest BCUT2D eigenvalue weighted by molar-refractivity contribution is 0.124. The third-order valence-electron chi connectivity index (χ3n) is 1.58. The molecule has 1 aromatic carbocycles. The zero-order chi connectivity index (χ0) is 9.52. The molecule has 1 atom stereocenters. The number of rotatable bonds is 5. The lowest BCUT2D eigenvalue weighted by Gasteiger charge is -2.06. The van der Waals surface area contributed by atoms with Gasteiger partial charge in [-0.25, -0.2) is 0 Å². The summed E-state index contributed by atoms with van der Waals surface area (Å²) in [5, 5.41) is 0.826. The zero-order valence-electron chi connectivity index (χ0n) is 7.25. The molecule has 0 radical (unpaired) electrons. The first kappa shape index (κ1) is 11.0. The largest absolute Gasteiger partial charge is 0.375 e. The molecular formula is C10H12BrClO. The molecule has 0 N–H and O–H groups in total. The van der Waals surface area contributed by atoms with Crippen molar-refractivity contribution < 1.29 is 4.74 Å². The smallest absolute Gasteiger partial charge is 0.0717 e. The highest BCUT2D eigenvalue weighted by Crippen LogP contribution is 2.04. The molecule has 0 aliphatic carbocycles. The molecule has 0 heterocycles. The molecule has 1 nitrogen and oxygen atoms in total. The molecule has 0 fully saturated rings. The number of ether oxygens (including phenoxy) is 1. The van der Waals surface area contributed by atoms with Gasteiger partial charge in [0.05, 0.1) is 18.6 Å². The van der Waals surface area contributed by atoms with Gasteiger partial charge in [-0.1, -0.05) is 46.3 Å². The summed E-state index contributed by atoms with van der Waals surface area (Å²) < 4.78 is 5.41. The topological polar surface area (TPSA) is 9.23 Å². The van der Waals surface area contributed by atoms with E-state index >= 15 is 0 Å². The van der Waals surface area contributed by atoms with Crippen LogP contribution in [-0.4, -0.2) is 17.3 Å². The first-order chi connectivity index (χ1) is 6.33. The summed E-state index contributed by atoms with van der Waals surface area (Å²) >= 11 is 9.15. The van der Waals surface area contributed by atoms with Crippen LogP contribution < -0.4 is 0 Å². The van der Waals surface area contributed by atoms with Crippen LogP contribution in [0.15, 0.2) is 30.3 Å². The van der Waals surface area contributed by atoms with Crippen molar-refractivity contribution in [1.82, 2.24) is 0 Å². The van der Waals surface area contributed by atoms with Crippen LogP contribution >= 0.6 is 27.5 Å². The maximum Gasteiger partial charge on any atom is 0.0717 e. The number of alkyl halides is 2. The quantitative estimate of drug-likeness (QED) is 0.741. The van der Waals surface area contributed by atoms with Crippen molar-refractivity contribution in [2.24, 2.45) is 0 Å². The van der Waals surface area contributed by atoms with Crippen LogP contribution in [0.4, 0.5) is 0 Å². The fourth-order valence-electron chi connectivity index (χ4n) is 0.923. The Morgan fingerprint density at radius 1 is 1.31 bits per heavy atom. The second-order valence-corrected chi connectivity index (χ2v) is 4.02. The van der Waals surface area contributed by atoms with Crippen molar-refractivity contribution in [3.05, 3.63) is 35.9 Å². The van der Waals surface area contributed by atoms with Crippen molar-refractivity contribution >= 4 is 27.5 Å². The van der Waals surface area contributed by atoms with E-state index in [1.54, 1.807) is 0 Å². The molecule has 1 unspecified atom stereocenters. The van der Waals surface area contributed by atoms with Crippen molar-refractivity contribution in [2.75, 3.05) is 11.9 Å². The van der Waals surface area contributed by atoms with E-state index in [1.807, 2.05) is 30.3 Å². The van der Waals surface area contributed by atoms with Crippen LogP contribution in [0.3, 0.4) is 0 Å². The molecule has 0 bridgehead atoms. The van der Waals surface area contributed by atoms with Crippen LogP contribution in [-0.2, 0) is 11.3 Å². The molecule has 0 saturated heterocycles. The molecule has 0 aromatic heterocycles.